The molecule has 0 unspecified atom stereocenters. The second-order valence-corrected chi connectivity index (χ2v) is 3.70. The van der Waals surface area contributed by atoms with Crippen LogP contribution in [0.25, 0.3) is 0 Å². The molecule has 0 fully saturated rings. The number of aromatic nitrogens is 2. The first-order chi connectivity index (χ1) is 5.75. The van der Waals surface area contributed by atoms with E-state index in [-0.39, 0.29) is 0 Å². The topological polar surface area (TPSA) is 51.8 Å². The average molecular weight is 199 g/mol. The molecule has 1 aromatic heterocycles. The summed E-state index contributed by atoms with van der Waals surface area (Å²) in [6, 6.07) is 0. The number of hydrogen-bond donors (Lipinski definition) is 1. The van der Waals surface area contributed by atoms with Crippen LogP contribution in [0.4, 0.5) is 0 Å². The van der Waals surface area contributed by atoms with E-state index in [1.165, 1.54) is 0 Å². The molecule has 0 aliphatic heterocycles. The first-order valence-corrected chi connectivity index (χ1v) is 4.88. The lowest BCUT2D eigenvalue weighted by molar-refractivity contribution is 1.04. The van der Waals surface area contributed by atoms with Crippen LogP contribution in [0.15, 0.2) is 17.4 Å². The summed E-state index contributed by atoms with van der Waals surface area (Å²) >= 11 is 6.41. The van der Waals surface area contributed by atoms with E-state index in [4.69, 9.17) is 18.0 Å². The minimum Gasteiger partial charge on any atom is -0.388 e. The maximum absolute atomic E-state index is 5.46. The number of nitrogens with zero attached hydrogens (tertiary/aromatic N) is 2. The Kier molecular flexibility index (Phi) is 3.43. The zero-order chi connectivity index (χ0) is 8.97. The molecule has 0 spiro atoms. The van der Waals surface area contributed by atoms with E-state index in [1.54, 1.807) is 24.2 Å². The van der Waals surface area contributed by atoms with E-state index in [9.17, 15) is 0 Å². The lowest BCUT2D eigenvalue weighted by Gasteiger charge is -2.02. The van der Waals surface area contributed by atoms with Gasteiger partial charge in [-0.1, -0.05) is 19.1 Å². The van der Waals surface area contributed by atoms with E-state index in [0.717, 1.165) is 10.8 Å². The maximum Gasteiger partial charge on any atom is 0.129 e. The van der Waals surface area contributed by atoms with Gasteiger partial charge in [-0.05, 0) is 5.75 Å². The molecule has 0 saturated heterocycles. The van der Waals surface area contributed by atoms with Gasteiger partial charge in [0.25, 0.3) is 0 Å². The van der Waals surface area contributed by atoms with Gasteiger partial charge < -0.3 is 5.73 Å². The molecular weight excluding hydrogens is 190 g/mol. The number of thiocarbonyl (C=S) groups is 1. The van der Waals surface area contributed by atoms with Crippen LogP contribution in [0.3, 0.4) is 0 Å². The molecule has 1 heterocycles. The summed E-state index contributed by atoms with van der Waals surface area (Å²) in [6.07, 6.45) is 3.23. The van der Waals surface area contributed by atoms with Crippen LogP contribution in [0.1, 0.15) is 12.6 Å². The predicted octanol–water partition coefficient (Wildman–Crippen LogP) is 1.22. The summed E-state index contributed by atoms with van der Waals surface area (Å²) in [5.74, 6) is 0.939. The Morgan fingerprint density at radius 1 is 1.58 bits per heavy atom. The summed E-state index contributed by atoms with van der Waals surface area (Å²) < 4.78 is 0. The molecule has 0 radical (unpaired) electrons. The Bertz CT molecular complexity index is 288. The Balaban J connectivity index is 3.00. The molecule has 0 bridgehead atoms. The van der Waals surface area contributed by atoms with Crippen molar-refractivity contribution in [1.29, 1.82) is 0 Å². The van der Waals surface area contributed by atoms with Crippen molar-refractivity contribution in [2.75, 3.05) is 5.75 Å². The van der Waals surface area contributed by atoms with Gasteiger partial charge in [0, 0.05) is 12.4 Å². The van der Waals surface area contributed by atoms with Crippen molar-refractivity contribution in [3.63, 3.8) is 0 Å². The third kappa shape index (κ3) is 2.15. The molecule has 1 aromatic rings. The third-order valence-electron chi connectivity index (χ3n) is 1.18. The average Bonchev–Trinajstić information content (AvgIpc) is 2.05. The van der Waals surface area contributed by atoms with Gasteiger partial charge in [-0.3, -0.25) is 0 Å². The van der Waals surface area contributed by atoms with Gasteiger partial charge in [-0.15, -0.1) is 11.8 Å². The minimum atomic E-state index is 0.305. The van der Waals surface area contributed by atoms with Gasteiger partial charge >= 0.3 is 0 Å². The van der Waals surface area contributed by atoms with Gasteiger partial charge in [0.15, 0.2) is 0 Å². The van der Waals surface area contributed by atoms with Crippen LogP contribution in [0.5, 0.6) is 0 Å². The van der Waals surface area contributed by atoms with Gasteiger partial charge in [-0.25, -0.2) is 9.97 Å². The van der Waals surface area contributed by atoms with Crippen molar-refractivity contribution >= 4 is 29.0 Å². The van der Waals surface area contributed by atoms with E-state index in [2.05, 4.69) is 9.97 Å². The number of nitrogens with two attached hydrogens (primary N) is 1. The highest BCUT2D eigenvalue weighted by Crippen LogP contribution is 2.16. The summed E-state index contributed by atoms with van der Waals surface area (Å²) in [7, 11) is 0. The summed E-state index contributed by atoms with van der Waals surface area (Å²) in [4.78, 5) is 8.47. The lowest BCUT2D eigenvalue weighted by Crippen LogP contribution is -2.13. The summed E-state index contributed by atoms with van der Waals surface area (Å²) in [6.45, 7) is 2.04. The first kappa shape index (κ1) is 9.41. The zero-order valence-electron chi connectivity index (χ0n) is 6.65. The highest BCUT2D eigenvalue weighted by molar-refractivity contribution is 7.99. The van der Waals surface area contributed by atoms with E-state index < -0.39 is 0 Å². The minimum absolute atomic E-state index is 0.305. The van der Waals surface area contributed by atoms with Gasteiger partial charge in [0.05, 0.1) is 0 Å². The number of hydrogen-bond acceptors (Lipinski definition) is 4. The molecule has 5 heteroatoms. The molecule has 64 valence electrons. The quantitative estimate of drug-likeness (QED) is 0.586. The van der Waals surface area contributed by atoms with Crippen molar-refractivity contribution in [1.82, 2.24) is 9.97 Å². The SMILES string of the molecule is CCSc1nccnc1C(N)=S. The third-order valence-corrected chi connectivity index (χ3v) is 2.23. The van der Waals surface area contributed by atoms with Gasteiger partial charge in [0.2, 0.25) is 0 Å². The summed E-state index contributed by atoms with van der Waals surface area (Å²) in [5, 5.41) is 0.813. The normalized spacial score (nSPS) is 9.75. The van der Waals surface area contributed by atoms with Crippen molar-refractivity contribution in [2.24, 2.45) is 5.73 Å². The molecule has 0 aromatic carbocycles. The van der Waals surface area contributed by atoms with Crippen molar-refractivity contribution < 1.29 is 0 Å². The molecule has 3 nitrogen and oxygen atoms in total. The largest absolute Gasteiger partial charge is 0.388 e. The van der Waals surface area contributed by atoms with E-state index in [1.807, 2.05) is 6.92 Å². The molecule has 0 atom stereocenters. The smallest absolute Gasteiger partial charge is 0.129 e. The molecular formula is C7H9N3S2. The molecule has 12 heavy (non-hydrogen) atoms. The van der Waals surface area contributed by atoms with Crippen LogP contribution < -0.4 is 5.73 Å². The highest BCUT2D eigenvalue weighted by atomic mass is 32.2. The standard InChI is InChI=1S/C7H9N3S2/c1-2-12-7-5(6(8)11)9-3-4-10-7/h3-4H,2H2,1H3,(H2,8,11). The van der Waals surface area contributed by atoms with Crippen LogP contribution in [-0.2, 0) is 0 Å². The second-order valence-electron chi connectivity index (χ2n) is 2.01. The summed E-state index contributed by atoms with van der Waals surface area (Å²) in [5.41, 5.74) is 6.08. The lowest BCUT2D eigenvalue weighted by atomic mass is 10.4. The Labute approximate surface area is 80.8 Å². The number of rotatable bonds is 3. The van der Waals surface area contributed by atoms with Crippen LogP contribution in [0, 0.1) is 0 Å². The highest BCUT2D eigenvalue weighted by Gasteiger charge is 2.06. The molecule has 0 aliphatic carbocycles. The molecule has 2 N–H and O–H groups in total. The second kappa shape index (κ2) is 4.37. The number of thioether (sulfide) groups is 1. The first-order valence-electron chi connectivity index (χ1n) is 3.49. The van der Waals surface area contributed by atoms with Crippen molar-refractivity contribution in [2.45, 2.75) is 11.9 Å². The van der Waals surface area contributed by atoms with Crippen LogP contribution in [0.2, 0.25) is 0 Å². The van der Waals surface area contributed by atoms with Crippen LogP contribution >= 0.6 is 24.0 Å². The Morgan fingerprint density at radius 2 is 2.25 bits per heavy atom. The van der Waals surface area contributed by atoms with Gasteiger partial charge in [-0.2, -0.15) is 0 Å². The molecule has 1 rings (SSSR count). The monoisotopic (exact) mass is 199 g/mol. The van der Waals surface area contributed by atoms with Gasteiger partial charge in [0.1, 0.15) is 15.7 Å². The molecule has 0 aliphatic rings. The van der Waals surface area contributed by atoms with E-state index >= 15 is 0 Å². The fourth-order valence-electron chi connectivity index (χ4n) is 0.737. The van der Waals surface area contributed by atoms with E-state index in [0.29, 0.717) is 10.7 Å². The fourth-order valence-corrected chi connectivity index (χ4v) is 1.66. The zero-order valence-corrected chi connectivity index (χ0v) is 8.28. The Hall–Kier alpha value is -0.680. The fraction of sp³-hybridized carbons (Fsp3) is 0.286. The maximum atomic E-state index is 5.46. The van der Waals surface area contributed by atoms with Crippen LogP contribution in [-0.4, -0.2) is 20.7 Å². The predicted molar refractivity (Wildman–Crippen MR) is 54.3 cm³/mol. The van der Waals surface area contributed by atoms with Crippen molar-refractivity contribution in [3.05, 3.63) is 18.1 Å². The Morgan fingerprint density at radius 3 is 2.83 bits per heavy atom. The molecule has 0 saturated carbocycles. The van der Waals surface area contributed by atoms with Crippen molar-refractivity contribution in [3.8, 4) is 0 Å². The molecule has 0 amide bonds.